The first-order chi connectivity index (χ1) is 16.9. The van der Waals surface area contributed by atoms with Gasteiger partial charge < -0.3 is 14.4 Å². The topological polar surface area (TPSA) is 76.2 Å². The minimum Gasteiger partial charge on any atom is -0.493 e. The summed E-state index contributed by atoms with van der Waals surface area (Å²) < 4.78 is 38.7. The van der Waals surface area contributed by atoms with Gasteiger partial charge in [-0.3, -0.25) is 4.79 Å². The van der Waals surface area contributed by atoms with Crippen LogP contribution in [0.4, 0.5) is 0 Å². The molecule has 0 atom stereocenters. The molecule has 1 fully saturated rings. The summed E-state index contributed by atoms with van der Waals surface area (Å²) in [6.07, 6.45) is 1.72. The van der Waals surface area contributed by atoms with E-state index in [0.29, 0.717) is 43.3 Å². The zero-order valence-corrected chi connectivity index (χ0v) is 20.8. The Hall–Kier alpha value is -3.36. The highest BCUT2D eigenvalue weighted by molar-refractivity contribution is 7.89. The Labute approximate surface area is 206 Å². The van der Waals surface area contributed by atoms with Gasteiger partial charge in [-0.05, 0) is 54.3 Å². The molecule has 0 radical (unpaired) electrons. The average Bonchev–Trinajstić information content (AvgIpc) is 3.44. The fourth-order valence-corrected chi connectivity index (χ4v) is 5.66. The summed E-state index contributed by atoms with van der Waals surface area (Å²) in [5, 5.41) is 0. The third kappa shape index (κ3) is 5.83. The molecule has 0 unspecified atom stereocenters. The number of rotatable bonds is 9. The summed E-state index contributed by atoms with van der Waals surface area (Å²) in [7, 11) is -0.317. The molecule has 1 amide bonds. The minimum absolute atomic E-state index is 0.153. The van der Waals surface area contributed by atoms with Crippen molar-refractivity contribution in [1.29, 1.82) is 0 Å². The van der Waals surface area contributed by atoms with E-state index in [1.807, 2.05) is 48.5 Å². The standard InChI is InChI=1S/C27H30N2O5S/c1-28(27(30)23-11-8-12-24(18-23)35(31,32)29-15-6-7-16-29)19-22-13-14-25(26(17-22)33-2)34-20-21-9-4-3-5-10-21/h3-5,8-14,17-18H,6-7,15-16,19-20H2,1-2H3. The molecule has 1 heterocycles. The quantitative estimate of drug-likeness (QED) is 0.443. The van der Waals surface area contributed by atoms with Crippen LogP contribution in [0.15, 0.2) is 77.7 Å². The number of methoxy groups -OCH3 is 1. The minimum atomic E-state index is -3.59. The molecular weight excluding hydrogens is 464 g/mol. The van der Waals surface area contributed by atoms with E-state index in [1.165, 1.54) is 10.4 Å². The Morgan fingerprint density at radius 3 is 2.37 bits per heavy atom. The molecule has 1 aliphatic rings. The van der Waals surface area contributed by atoms with Crippen LogP contribution in [0.3, 0.4) is 0 Å². The van der Waals surface area contributed by atoms with Gasteiger partial charge in [-0.2, -0.15) is 4.31 Å². The molecule has 7 nitrogen and oxygen atoms in total. The van der Waals surface area contributed by atoms with Gasteiger partial charge in [0.05, 0.1) is 12.0 Å². The van der Waals surface area contributed by atoms with Crippen LogP contribution in [0.1, 0.15) is 34.3 Å². The summed E-state index contributed by atoms with van der Waals surface area (Å²) in [5.41, 5.74) is 2.26. The van der Waals surface area contributed by atoms with Gasteiger partial charge in [0, 0.05) is 32.2 Å². The van der Waals surface area contributed by atoms with Crippen molar-refractivity contribution in [3.8, 4) is 11.5 Å². The van der Waals surface area contributed by atoms with Crippen molar-refractivity contribution < 1.29 is 22.7 Å². The first-order valence-corrected chi connectivity index (χ1v) is 13.0. The molecule has 0 spiro atoms. The van der Waals surface area contributed by atoms with E-state index in [4.69, 9.17) is 9.47 Å². The Balaban J connectivity index is 1.44. The number of hydrogen-bond donors (Lipinski definition) is 0. The summed E-state index contributed by atoms with van der Waals surface area (Å²) in [6, 6.07) is 21.7. The first-order valence-electron chi connectivity index (χ1n) is 11.6. The lowest BCUT2D eigenvalue weighted by molar-refractivity contribution is 0.0784. The number of carbonyl (C=O) groups is 1. The molecule has 0 saturated carbocycles. The fraction of sp³-hybridized carbons (Fsp3) is 0.296. The van der Waals surface area contributed by atoms with Crippen LogP contribution in [0.2, 0.25) is 0 Å². The first kappa shape index (κ1) is 24.8. The van der Waals surface area contributed by atoms with E-state index in [0.717, 1.165) is 24.0 Å². The summed E-state index contributed by atoms with van der Waals surface area (Å²) in [4.78, 5) is 14.8. The van der Waals surface area contributed by atoms with Gasteiger partial charge in [-0.1, -0.05) is 42.5 Å². The predicted molar refractivity (Wildman–Crippen MR) is 134 cm³/mol. The van der Waals surface area contributed by atoms with Gasteiger partial charge in [0.1, 0.15) is 6.61 Å². The van der Waals surface area contributed by atoms with Crippen molar-refractivity contribution in [2.24, 2.45) is 0 Å². The highest BCUT2D eigenvalue weighted by Crippen LogP contribution is 2.29. The average molecular weight is 495 g/mol. The molecule has 1 aliphatic heterocycles. The van der Waals surface area contributed by atoms with Crippen LogP contribution in [-0.4, -0.2) is 50.8 Å². The van der Waals surface area contributed by atoms with Gasteiger partial charge in [0.2, 0.25) is 10.0 Å². The predicted octanol–water partition coefficient (Wildman–Crippen LogP) is 4.33. The SMILES string of the molecule is COc1cc(CN(C)C(=O)c2cccc(S(=O)(=O)N3CCCC3)c2)ccc1OCc1ccccc1. The second kappa shape index (κ2) is 10.9. The van der Waals surface area contributed by atoms with Gasteiger partial charge >= 0.3 is 0 Å². The van der Waals surface area contributed by atoms with Crippen molar-refractivity contribution in [2.75, 3.05) is 27.2 Å². The maximum atomic E-state index is 13.1. The van der Waals surface area contributed by atoms with Crippen LogP contribution in [0.25, 0.3) is 0 Å². The van der Waals surface area contributed by atoms with Crippen LogP contribution in [-0.2, 0) is 23.2 Å². The Kier molecular flexibility index (Phi) is 7.73. The number of carbonyl (C=O) groups excluding carboxylic acids is 1. The van der Waals surface area contributed by atoms with E-state index < -0.39 is 10.0 Å². The molecule has 0 aliphatic carbocycles. The summed E-state index contributed by atoms with van der Waals surface area (Å²) in [5.74, 6) is 0.943. The third-order valence-electron chi connectivity index (χ3n) is 6.02. The van der Waals surface area contributed by atoms with E-state index in [9.17, 15) is 13.2 Å². The molecule has 35 heavy (non-hydrogen) atoms. The number of sulfonamides is 1. The summed E-state index contributed by atoms with van der Waals surface area (Å²) in [6.45, 7) is 1.80. The van der Waals surface area contributed by atoms with Gasteiger partial charge in [-0.15, -0.1) is 0 Å². The maximum absolute atomic E-state index is 13.1. The third-order valence-corrected chi connectivity index (χ3v) is 7.91. The van der Waals surface area contributed by atoms with Crippen LogP contribution >= 0.6 is 0 Å². The molecule has 184 valence electrons. The lowest BCUT2D eigenvalue weighted by Crippen LogP contribution is -2.29. The molecule has 3 aromatic rings. The molecule has 3 aromatic carbocycles. The van der Waals surface area contributed by atoms with E-state index in [1.54, 1.807) is 37.3 Å². The van der Waals surface area contributed by atoms with Crippen molar-refractivity contribution in [3.05, 3.63) is 89.5 Å². The molecule has 0 bridgehead atoms. The van der Waals surface area contributed by atoms with E-state index in [-0.39, 0.29) is 10.8 Å². The smallest absolute Gasteiger partial charge is 0.253 e. The largest absolute Gasteiger partial charge is 0.493 e. The fourth-order valence-electron chi connectivity index (χ4n) is 4.10. The van der Waals surface area contributed by atoms with Crippen molar-refractivity contribution in [2.45, 2.75) is 30.9 Å². The Morgan fingerprint density at radius 1 is 0.914 bits per heavy atom. The van der Waals surface area contributed by atoms with Crippen molar-refractivity contribution >= 4 is 15.9 Å². The van der Waals surface area contributed by atoms with Crippen molar-refractivity contribution in [3.63, 3.8) is 0 Å². The Bertz CT molecular complexity index is 1270. The number of nitrogens with zero attached hydrogens (tertiary/aromatic N) is 2. The number of amides is 1. The molecule has 8 heteroatoms. The maximum Gasteiger partial charge on any atom is 0.253 e. The monoisotopic (exact) mass is 494 g/mol. The number of ether oxygens (including phenoxy) is 2. The van der Waals surface area contributed by atoms with E-state index >= 15 is 0 Å². The molecule has 0 aromatic heterocycles. The zero-order chi connectivity index (χ0) is 24.8. The number of hydrogen-bond acceptors (Lipinski definition) is 5. The van der Waals surface area contributed by atoms with Gasteiger partial charge in [0.25, 0.3) is 5.91 Å². The molecule has 1 saturated heterocycles. The normalized spacial score (nSPS) is 14.0. The lowest BCUT2D eigenvalue weighted by Gasteiger charge is -2.20. The Morgan fingerprint density at radius 2 is 1.66 bits per heavy atom. The molecular formula is C27H30N2O5S. The second-order valence-electron chi connectivity index (χ2n) is 8.56. The van der Waals surface area contributed by atoms with Crippen molar-refractivity contribution in [1.82, 2.24) is 9.21 Å². The van der Waals surface area contributed by atoms with Gasteiger partial charge in [0.15, 0.2) is 11.5 Å². The zero-order valence-electron chi connectivity index (χ0n) is 20.0. The van der Waals surface area contributed by atoms with Crippen LogP contribution < -0.4 is 9.47 Å². The second-order valence-corrected chi connectivity index (χ2v) is 10.5. The highest BCUT2D eigenvalue weighted by atomic mass is 32.2. The van der Waals surface area contributed by atoms with E-state index in [2.05, 4.69) is 0 Å². The number of benzene rings is 3. The van der Waals surface area contributed by atoms with Crippen LogP contribution in [0.5, 0.6) is 11.5 Å². The summed E-state index contributed by atoms with van der Waals surface area (Å²) >= 11 is 0. The lowest BCUT2D eigenvalue weighted by atomic mass is 10.1. The van der Waals surface area contributed by atoms with Gasteiger partial charge in [-0.25, -0.2) is 8.42 Å². The highest BCUT2D eigenvalue weighted by Gasteiger charge is 2.28. The molecule has 4 rings (SSSR count). The molecule has 0 N–H and O–H groups in total. The van der Waals surface area contributed by atoms with Crippen LogP contribution in [0, 0.1) is 0 Å².